The third kappa shape index (κ3) is 1.67. The molecule has 0 aliphatic heterocycles. The first-order valence-corrected chi connectivity index (χ1v) is 4.22. The van der Waals surface area contributed by atoms with E-state index in [2.05, 4.69) is 15.1 Å². The molecule has 0 fully saturated rings. The minimum atomic E-state index is -0.707. The number of rotatable bonds is 2. The molecule has 16 heavy (non-hydrogen) atoms. The molecular formula is C8H7FN6O. The van der Waals surface area contributed by atoms with E-state index in [1.807, 2.05) is 0 Å². The van der Waals surface area contributed by atoms with Crippen molar-refractivity contribution in [1.29, 1.82) is 0 Å². The highest BCUT2D eigenvalue weighted by Crippen LogP contribution is 2.09. The zero-order chi connectivity index (χ0) is 11.7. The number of hydrogen-bond acceptors (Lipinski definition) is 5. The van der Waals surface area contributed by atoms with Gasteiger partial charge in [-0.05, 0) is 6.07 Å². The highest BCUT2D eigenvalue weighted by molar-refractivity contribution is 5.90. The van der Waals surface area contributed by atoms with Crippen molar-refractivity contribution in [3.05, 3.63) is 30.0 Å². The lowest BCUT2D eigenvalue weighted by Crippen LogP contribution is -2.13. The molecule has 0 atom stereocenters. The predicted molar refractivity (Wildman–Crippen MR) is 52.0 cm³/mol. The maximum absolute atomic E-state index is 13.3. The monoisotopic (exact) mass is 222 g/mol. The number of halogens is 1. The molecule has 0 aromatic carbocycles. The third-order valence-corrected chi connectivity index (χ3v) is 1.80. The smallest absolute Gasteiger partial charge is 0.269 e. The van der Waals surface area contributed by atoms with Gasteiger partial charge in [-0.1, -0.05) is 0 Å². The molecule has 0 saturated heterocycles. The second-order valence-electron chi connectivity index (χ2n) is 2.91. The SMILES string of the molecule is NC(=O)c1ccn(-c2nc(N)ncc2F)n1. The van der Waals surface area contributed by atoms with Gasteiger partial charge < -0.3 is 11.5 Å². The maximum atomic E-state index is 13.3. The molecule has 0 spiro atoms. The number of amides is 1. The lowest BCUT2D eigenvalue weighted by Gasteiger charge is -2.01. The van der Waals surface area contributed by atoms with Crippen LogP contribution < -0.4 is 11.5 Å². The Bertz CT molecular complexity index is 551. The Morgan fingerprint density at radius 1 is 1.50 bits per heavy atom. The van der Waals surface area contributed by atoms with Crippen LogP contribution in [0.5, 0.6) is 0 Å². The largest absolute Gasteiger partial charge is 0.368 e. The zero-order valence-corrected chi connectivity index (χ0v) is 7.96. The van der Waals surface area contributed by atoms with Crippen LogP contribution in [0.3, 0.4) is 0 Å². The van der Waals surface area contributed by atoms with Gasteiger partial charge in [0.1, 0.15) is 5.69 Å². The molecule has 0 aliphatic carbocycles. The third-order valence-electron chi connectivity index (χ3n) is 1.80. The van der Waals surface area contributed by atoms with Gasteiger partial charge in [-0.25, -0.2) is 14.1 Å². The van der Waals surface area contributed by atoms with Crippen molar-refractivity contribution in [3.8, 4) is 5.82 Å². The van der Waals surface area contributed by atoms with Crippen molar-refractivity contribution in [1.82, 2.24) is 19.7 Å². The fourth-order valence-electron chi connectivity index (χ4n) is 1.11. The summed E-state index contributed by atoms with van der Waals surface area (Å²) in [6.45, 7) is 0. The second kappa shape index (κ2) is 3.57. The summed E-state index contributed by atoms with van der Waals surface area (Å²) in [6.07, 6.45) is 2.27. The maximum Gasteiger partial charge on any atom is 0.269 e. The molecule has 0 unspecified atom stereocenters. The molecule has 2 heterocycles. The summed E-state index contributed by atoms with van der Waals surface area (Å²) in [5, 5.41) is 3.74. The number of aromatic nitrogens is 4. The van der Waals surface area contributed by atoms with E-state index in [0.717, 1.165) is 10.9 Å². The molecule has 0 aliphatic rings. The van der Waals surface area contributed by atoms with Crippen molar-refractivity contribution in [3.63, 3.8) is 0 Å². The van der Waals surface area contributed by atoms with Crippen LogP contribution in [0.15, 0.2) is 18.5 Å². The molecule has 2 aromatic heterocycles. The Kier molecular flexibility index (Phi) is 2.24. The molecule has 7 nitrogen and oxygen atoms in total. The molecule has 0 radical (unpaired) electrons. The van der Waals surface area contributed by atoms with Gasteiger partial charge in [0.2, 0.25) is 5.95 Å². The number of nitrogens with zero attached hydrogens (tertiary/aromatic N) is 4. The van der Waals surface area contributed by atoms with Gasteiger partial charge in [-0.15, -0.1) is 0 Å². The van der Waals surface area contributed by atoms with E-state index in [9.17, 15) is 9.18 Å². The lowest BCUT2D eigenvalue weighted by molar-refractivity contribution is 0.0995. The van der Waals surface area contributed by atoms with E-state index in [0.29, 0.717) is 0 Å². The van der Waals surface area contributed by atoms with Crippen LogP contribution in [0.2, 0.25) is 0 Å². The van der Waals surface area contributed by atoms with Gasteiger partial charge in [0.05, 0.1) is 6.20 Å². The first kappa shape index (κ1) is 10.0. The summed E-state index contributed by atoms with van der Waals surface area (Å²) in [5.74, 6) is -1.64. The number of carbonyl (C=O) groups excluding carboxylic acids is 1. The Morgan fingerprint density at radius 3 is 2.88 bits per heavy atom. The normalized spacial score (nSPS) is 10.3. The molecule has 0 saturated carbocycles. The van der Waals surface area contributed by atoms with Gasteiger partial charge in [-0.2, -0.15) is 10.1 Å². The minimum absolute atomic E-state index is 0.0107. The van der Waals surface area contributed by atoms with Crippen LogP contribution in [0.1, 0.15) is 10.5 Å². The summed E-state index contributed by atoms with van der Waals surface area (Å²) >= 11 is 0. The van der Waals surface area contributed by atoms with Crippen LogP contribution in [-0.2, 0) is 0 Å². The number of carbonyl (C=O) groups is 1. The summed E-state index contributed by atoms with van der Waals surface area (Å²) in [4.78, 5) is 17.9. The van der Waals surface area contributed by atoms with Crippen LogP contribution in [0.4, 0.5) is 10.3 Å². The summed E-state index contributed by atoms with van der Waals surface area (Å²) < 4.78 is 14.4. The Labute approximate surface area is 88.9 Å². The van der Waals surface area contributed by atoms with Gasteiger partial charge in [0.25, 0.3) is 5.91 Å². The molecule has 8 heteroatoms. The van der Waals surface area contributed by atoms with E-state index < -0.39 is 11.7 Å². The number of hydrogen-bond donors (Lipinski definition) is 2. The Hall–Kier alpha value is -2.51. The zero-order valence-electron chi connectivity index (χ0n) is 7.96. The second-order valence-corrected chi connectivity index (χ2v) is 2.91. The number of nitrogen functional groups attached to an aromatic ring is 1. The Balaban J connectivity index is 2.50. The highest BCUT2D eigenvalue weighted by Gasteiger charge is 2.11. The molecule has 82 valence electrons. The summed E-state index contributed by atoms with van der Waals surface area (Å²) in [7, 11) is 0. The van der Waals surface area contributed by atoms with Crippen molar-refractivity contribution >= 4 is 11.9 Å². The van der Waals surface area contributed by atoms with Crippen molar-refractivity contribution < 1.29 is 9.18 Å². The van der Waals surface area contributed by atoms with Crippen LogP contribution >= 0.6 is 0 Å². The van der Waals surface area contributed by atoms with Gasteiger partial charge in [0.15, 0.2) is 11.6 Å². The van der Waals surface area contributed by atoms with E-state index in [1.54, 1.807) is 0 Å². The topological polar surface area (TPSA) is 113 Å². The van der Waals surface area contributed by atoms with Crippen LogP contribution in [0.25, 0.3) is 5.82 Å². The number of primary amides is 1. The van der Waals surface area contributed by atoms with Crippen molar-refractivity contribution in [2.45, 2.75) is 0 Å². The van der Waals surface area contributed by atoms with Crippen molar-refractivity contribution in [2.24, 2.45) is 5.73 Å². The molecule has 0 bridgehead atoms. The standard InChI is InChI=1S/C8H7FN6O/c9-4-3-12-8(11)13-7(4)15-2-1-5(14-15)6(10)16/h1-3H,(H2,10,16)(H2,11,12,13). The quantitative estimate of drug-likeness (QED) is 0.710. The molecule has 4 N–H and O–H groups in total. The summed E-state index contributed by atoms with van der Waals surface area (Å²) in [6, 6.07) is 1.35. The minimum Gasteiger partial charge on any atom is -0.368 e. The highest BCUT2D eigenvalue weighted by atomic mass is 19.1. The molecule has 2 rings (SSSR count). The Morgan fingerprint density at radius 2 is 2.25 bits per heavy atom. The first-order valence-electron chi connectivity index (χ1n) is 4.22. The van der Waals surface area contributed by atoms with Crippen LogP contribution in [-0.4, -0.2) is 25.7 Å². The summed E-state index contributed by atoms with van der Waals surface area (Å²) in [5.41, 5.74) is 10.3. The average molecular weight is 222 g/mol. The van der Waals surface area contributed by atoms with E-state index in [4.69, 9.17) is 11.5 Å². The van der Waals surface area contributed by atoms with E-state index >= 15 is 0 Å². The van der Waals surface area contributed by atoms with Crippen LogP contribution in [0, 0.1) is 5.82 Å². The number of nitrogens with two attached hydrogens (primary N) is 2. The molecular weight excluding hydrogens is 215 g/mol. The first-order chi connectivity index (χ1) is 7.58. The van der Waals surface area contributed by atoms with Gasteiger partial charge in [0, 0.05) is 6.20 Å². The van der Waals surface area contributed by atoms with Gasteiger partial charge >= 0.3 is 0 Å². The van der Waals surface area contributed by atoms with Crippen molar-refractivity contribution in [2.75, 3.05) is 5.73 Å². The van der Waals surface area contributed by atoms with E-state index in [-0.39, 0.29) is 17.5 Å². The lowest BCUT2D eigenvalue weighted by atomic mass is 10.4. The fraction of sp³-hybridized carbons (Fsp3) is 0. The molecule has 1 amide bonds. The predicted octanol–water partition coefficient (Wildman–Crippen LogP) is -0.518. The molecule has 2 aromatic rings. The van der Waals surface area contributed by atoms with Gasteiger partial charge in [-0.3, -0.25) is 4.79 Å². The fourth-order valence-corrected chi connectivity index (χ4v) is 1.11. The van der Waals surface area contributed by atoms with E-state index in [1.165, 1.54) is 12.3 Å². The number of anilines is 1. The average Bonchev–Trinajstić information content (AvgIpc) is 2.70.